The van der Waals surface area contributed by atoms with Gasteiger partial charge in [0, 0.05) is 17.5 Å². The van der Waals surface area contributed by atoms with Crippen LogP contribution in [-0.4, -0.2) is 16.8 Å². The second-order valence-electron chi connectivity index (χ2n) is 2.52. The molecule has 3 N–H and O–H groups in total. The van der Waals surface area contributed by atoms with E-state index in [4.69, 9.17) is 5.73 Å². The van der Waals surface area contributed by atoms with E-state index in [0.29, 0.717) is 5.13 Å². The predicted molar refractivity (Wildman–Crippen MR) is 53.8 cm³/mol. The molecule has 1 aromatic rings. The summed E-state index contributed by atoms with van der Waals surface area (Å²) in [7, 11) is 0. The molecule has 0 aliphatic heterocycles. The van der Waals surface area contributed by atoms with Crippen LogP contribution in [0.15, 0.2) is 17.5 Å². The summed E-state index contributed by atoms with van der Waals surface area (Å²) < 4.78 is 0. The summed E-state index contributed by atoms with van der Waals surface area (Å²) in [6.07, 6.45) is 2.06. The Bertz CT molecular complexity index is 384. The van der Waals surface area contributed by atoms with Gasteiger partial charge in [0.05, 0.1) is 5.69 Å². The van der Waals surface area contributed by atoms with Gasteiger partial charge in [-0.1, -0.05) is 0 Å². The molecule has 6 heteroatoms. The Hall–Kier alpha value is -1.69. The summed E-state index contributed by atoms with van der Waals surface area (Å²) in [5, 5.41) is 4.81. The number of rotatable bonds is 3. The molecule has 74 valence electrons. The number of hydrogen-bond donors (Lipinski definition) is 2. The zero-order chi connectivity index (χ0) is 10.6. The molecular formula is C8H9N3O2S. The largest absolute Gasteiger partial charge is 0.366 e. The lowest BCUT2D eigenvalue weighted by atomic mass is 10.4. The van der Waals surface area contributed by atoms with Crippen LogP contribution in [0.5, 0.6) is 0 Å². The van der Waals surface area contributed by atoms with Crippen LogP contribution < -0.4 is 11.1 Å². The molecule has 0 saturated heterocycles. The second-order valence-corrected chi connectivity index (χ2v) is 3.38. The standard InChI is InChI=1S/C8H9N3O2S/c1-5-4-14-8(10-5)11-7(13)3-2-6(9)12/h2-4H,1H3,(H2,9,12)(H,10,11,13)/b3-2+. The van der Waals surface area contributed by atoms with Gasteiger partial charge in [-0.2, -0.15) is 0 Å². The van der Waals surface area contributed by atoms with E-state index in [-0.39, 0.29) is 0 Å². The lowest BCUT2D eigenvalue weighted by Crippen LogP contribution is -2.11. The van der Waals surface area contributed by atoms with Crippen LogP contribution in [0.3, 0.4) is 0 Å². The van der Waals surface area contributed by atoms with Crippen molar-refractivity contribution in [2.24, 2.45) is 5.73 Å². The van der Waals surface area contributed by atoms with Gasteiger partial charge in [-0.15, -0.1) is 11.3 Å². The molecule has 1 rings (SSSR count). The van der Waals surface area contributed by atoms with Crippen molar-refractivity contribution in [2.75, 3.05) is 5.32 Å². The molecular weight excluding hydrogens is 202 g/mol. The van der Waals surface area contributed by atoms with Gasteiger partial charge in [0.15, 0.2) is 5.13 Å². The highest BCUT2D eigenvalue weighted by molar-refractivity contribution is 7.13. The second kappa shape index (κ2) is 4.52. The molecule has 0 atom stereocenters. The molecule has 0 saturated carbocycles. The van der Waals surface area contributed by atoms with E-state index < -0.39 is 11.8 Å². The highest BCUT2D eigenvalue weighted by atomic mass is 32.1. The number of hydrogen-bond acceptors (Lipinski definition) is 4. The quantitative estimate of drug-likeness (QED) is 0.711. The van der Waals surface area contributed by atoms with Gasteiger partial charge in [0.1, 0.15) is 0 Å². The van der Waals surface area contributed by atoms with E-state index in [9.17, 15) is 9.59 Å². The molecule has 0 bridgehead atoms. The summed E-state index contributed by atoms with van der Waals surface area (Å²) in [5.41, 5.74) is 5.66. The van der Waals surface area contributed by atoms with Crippen molar-refractivity contribution >= 4 is 28.3 Å². The number of carbonyl (C=O) groups is 2. The molecule has 1 aromatic heterocycles. The lowest BCUT2D eigenvalue weighted by Gasteiger charge is -1.93. The topological polar surface area (TPSA) is 85.1 Å². The van der Waals surface area contributed by atoms with Gasteiger partial charge in [0.2, 0.25) is 11.8 Å². The fourth-order valence-electron chi connectivity index (χ4n) is 0.716. The number of carbonyl (C=O) groups excluding carboxylic acids is 2. The molecule has 0 spiro atoms. The van der Waals surface area contributed by atoms with Gasteiger partial charge < -0.3 is 5.73 Å². The van der Waals surface area contributed by atoms with Gasteiger partial charge >= 0.3 is 0 Å². The van der Waals surface area contributed by atoms with Crippen molar-refractivity contribution in [3.63, 3.8) is 0 Å². The average Bonchev–Trinajstić information content (AvgIpc) is 2.48. The molecule has 5 nitrogen and oxygen atoms in total. The van der Waals surface area contributed by atoms with E-state index in [0.717, 1.165) is 17.8 Å². The first-order valence-electron chi connectivity index (χ1n) is 3.78. The first-order chi connectivity index (χ1) is 6.58. The number of aryl methyl sites for hydroxylation is 1. The molecule has 0 aliphatic rings. The number of nitrogens with two attached hydrogens (primary N) is 1. The van der Waals surface area contributed by atoms with Crippen molar-refractivity contribution in [1.82, 2.24) is 4.98 Å². The van der Waals surface area contributed by atoms with E-state index in [2.05, 4.69) is 10.3 Å². The van der Waals surface area contributed by atoms with E-state index in [1.165, 1.54) is 11.3 Å². The average molecular weight is 211 g/mol. The molecule has 14 heavy (non-hydrogen) atoms. The van der Waals surface area contributed by atoms with Crippen molar-refractivity contribution in [1.29, 1.82) is 0 Å². The van der Waals surface area contributed by atoms with Crippen LogP contribution in [0.4, 0.5) is 5.13 Å². The highest BCUT2D eigenvalue weighted by Gasteiger charge is 2.01. The van der Waals surface area contributed by atoms with Crippen molar-refractivity contribution in [3.8, 4) is 0 Å². The minimum Gasteiger partial charge on any atom is -0.366 e. The molecule has 0 radical (unpaired) electrons. The van der Waals surface area contributed by atoms with Crippen molar-refractivity contribution < 1.29 is 9.59 Å². The van der Waals surface area contributed by atoms with Gasteiger partial charge in [-0.3, -0.25) is 14.9 Å². The summed E-state index contributed by atoms with van der Waals surface area (Å²) in [4.78, 5) is 25.4. The zero-order valence-electron chi connectivity index (χ0n) is 7.48. The summed E-state index contributed by atoms with van der Waals surface area (Å²) in [6, 6.07) is 0. The van der Waals surface area contributed by atoms with Crippen LogP contribution in [0.1, 0.15) is 5.69 Å². The predicted octanol–water partition coefficient (Wildman–Crippen LogP) is 0.432. The van der Waals surface area contributed by atoms with Crippen LogP contribution >= 0.6 is 11.3 Å². The summed E-state index contributed by atoms with van der Waals surface area (Å²) >= 11 is 1.32. The Morgan fingerprint density at radius 2 is 2.29 bits per heavy atom. The summed E-state index contributed by atoms with van der Waals surface area (Å²) in [6.45, 7) is 1.82. The third-order valence-corrected chi connectivity index (χ3v) is 2.12. The molecule has 0 fully saturated rings. The number of nitrogens with zero attached hydrogens (tertiary/aromatic N) is 1. The van der Waals surface area contributed by atoms with Crippen LogP contribution in [0, 0.1) is 6.92 Å². The Morgan fingerprint density at radius 1 is 1.57 bits per heavy atom. The van der Waals surface area contributed by atoms with Crippen LogP contribution in [-0.2, 0) is 9.59 Å². The molecule has 0 aromatic carbocycles. The highest BCUT2D eigenvalue weighted by Crippen LogP contribution is 2.13. The fraction of sp³-hybridized carbons (Fsp3) is 0.125. The van der Waals surface area contributed by atoms with Gasteiger partial charge in [-0.05, 0) is 6.92 Å². The maximum atomic E-state index is 11.1. The molecule has 0 aliphatic carbocycles. The lowest BCUT2D eigenvalue weighted by molar-refractivity contribution is -0.115. The monoisotopic (exact) mass is 211 g/mol. The van der Waals surface area contributed by atoms with Crippen molar-refractivity contribution in [3.05, 3.63) is 23.2 Å². The smallest absolute Gasteiger partial charge is 0.250 e. The minimum absolute atomic E-state index is 0.418. The van der Waals surface area contributed by atoms with Crippen LogP contribution in [0.25, 0.3) is 0 Å². The Morgan fingerprint density at radius 3 is 2.79 bits per heavy atom. The Labute approximate surface area is 84.6 Å². The van der Waals surface area contributed by atoms with E-state index >= 15 is 0 Å². The maximum absolute atomic E-state index is 11.1. The maximum Gasteiger partial charge on any atom is 0.250 e. The number of primary amides is 1. The zero-order valence-corrected chi connectivity index (χ0v) is 8.30. The molecule has 0 unspecified atom stereocenters. The number of amides is 2. The molecule has 2 amide bonds. The Kier molecular flexibility index (Phi) is 3.35. The third kappa shape index (κ3) is 3.36. The number of thiazole rings is 1. The first kappa shape index (κ1) is 10.4. The van der Waals surface area contributed by atoms with Crippen molar-refractivity contribution in [2.45, 2.75) is 6.92 Å². The fourth-order valence-corrected chi connectivity index (χ4v) is 1.41. The van der Waals surface area contributed by atoms with Crippen LogP contribution in [0.2, 0.25) is 0 Å². The SMILES string of the molecule is Cc1csc(NC(=O)/C=C/C(N)=O)n1. The Balaban J connectivity index is 2.53. The first-order valence-corrected chi connectivity index (χ1v) is 4.66. The third-order valence-electron chi connectivity index (χ3n) is 1.25. The van der Waals surface area contributed by atoms with Gasteiger partial charge in [0.25, 0.3) is 0 Å². The van der Waals surface area contributed by atoms with Gasteiger partial charge in [-0.25, -0.2) is 4.98 Å². The number of aromatic nitrogens is 1. The normalized spacial score (nSPS) is 10.4. The summed E-state index contributed by atoms with van der Waals surface area (Å²) in [5.74, 6) is -1.08. The molecule has 1 heterocycles. The minimum atomic E-state index is -0.657. The number of anilines is 1. The number of nitrogens with one attached hydrogen (secondary N) is 1. The van der Waals surface area contributed by atoms with E-state index in [1.54, 1.807) is 0 Å². The van der Waals surface area contributed by atoms with E-state index in [1.807, 2.05) is 12.3 Å².